The second-order valence-corrected chi connectivity index (χ2v) is 5.61. The number of fused-ring (bicyclic) bond motifs is 1. The molecule has 1 saturated heterocycles. The van der Waals surface area contributed by atoms with E-state index in [0.717, 1.165) is 23.6 Å². The van der Waals surface area contributed by atoms with Gasteiger partial charge >= 0.3 is 0 Å². The van der Waals surface area contributed by atoms with Crippen LogP contribution < -0.4 is 5.32 Å². The van der Waals surface area contributed by atoms with E-state index in [4.69, 9.17) is 4.52 Å². The van der Waals surface area contributed by atoms with Crippen LogP contribution in [-0.4, -0.2) is 23.2 Å². The fourth-order valence-corrected chi connectivity index (χ4v) is 3.29. The lowest BCUT2D eigenvalue weighted by molar-refractivity contribution is 0.369. The van der Waals surface area contributed by atoms with Gasteiger partial charge in [-0.3, -0.25) is 0 Å². The minimum Gasteiger partial charge on any atom is -0.339 e. The SMILES string of the molecule is C1CC1c1nc(C2C[C@H]3CNC[C@@H]3C2)no1. The topological polar surface area (TPSA) is 51.0 Å². The first-order valence-electron chi connectivity index (χ1n) is 6.44. The zero-order valence-electron chi connectivity index (χ0n) is 9.35. The summed E-state index contributed by atoms with van der Waals surface area (Å²) in [5.74, 6) is 4.74. The van der Waals surface area contributed by atoms with Gasteiger partial charge in [-0.05, 0) is 50.6 Å². The van der Waals surface area contributed by atoms with E-state index in [1.165, 1.54) is 38.8 Å². The van der Waals surface area contributed by atoms with Crippen LogP contribution in [0, 0.1) is 11.8 Å². The number of nitrogens with one attached hydrogen (secondary N) is 1. The van der Waals surface area contributed by atoms with Gasteiger partial charge in [-0.15, -0.1) is 0 Å². The average Bonchev–Trinajstić information content (AvgIpc) is 2.75. The van der Waals surface area contributed by atoms with Crippen molar-refractivity contribution in [3.63, 3.8) is 0 Å². The predicted molar refractivity (Wildman–Crippen MR) is 58.1 cm³/mol. The van der Waals surface area contributed by atoms with Crippen molar-refractivity contribution >= 4 is 0 Å². The molecule has 2 saturated carbocycles. The van der Waals surface area contributed by atoms with Crippen molar-refractivity contribution in [2.45, 2.75) is 37.5 Å². The zero-order valence-corrected chi connectivity index (χ0v) is 9.35. The van der Waals surface area contributed by atoms with Gasteiger partial charge in [0.25, 0.3) is 0 Å². The Balaban J connectivity index is 1.52. The molecule has 1 aliphatic heterocycles. The molecule has 0 unspecified atom stereocenters. The van der Waals surface area contributed by atoms with Crippen molar-refractivity contribution in [3.8, 4) is 0 Å². The highest BCUT2D eigenvalue weighted by atomic mass is 16.5. The third-order valence-electron chi connectivity index (χ3n) is 4.40. The summed E-state index contributed by atoms with van der Waals surface area (Å²) in [7, 11) is 0. The van der Waals surface area contributed by atoms with Gasteiger partial charge in [-0.2, -0.15) is 4.98 Å². The summed E-state index contributed by atoms with van der Waals surface area (Å²) in [6.07, 6.45) is 4.98. The number of rotatable bonds is 2. The number of hydrogen-bond donors (Lipinski definition) is 1. The molecule has 0 bridgehead atoms. The quantitative estimate of drug-likeness (QED) is 0.822. The van der Waals surface area contributed by atoms with Gasteiger partial charge in [0.05, 0.1) is 0 Å². The Morgan fingerprint density at radius 1 is 1.06 bits per heavy atom. The molecule has 1 N–H and O–H groups in total. The Hall–Kier alpha value is -0.900. The molecule has 2 atom stereocenters. The van der Waals surface area contributed by atoms with Gasteiger partial charge in [0.1, 0.15) is 0 Å². The van der Waals surface area contributed by atoms with Crippen molar-refractivity contribution in [2.75, 3.05) is 13.1 Å². The molecule has 16 heavy (non-hydrogen) atoms. The Morgan fingerprint density at radius 2 is 1.81 bits per heavy atom. The number of nitrogens with zero attached hydrogens (tertiary/aromatic N) is 2. The van der Waals surface area contributed by atoms with Crippen LogP contribution in [0.3, 0.4) is 0 Å². The average molecular weight is 219 g/mol. The van der Waals surface area contributed by atoms with Crippen LogP contribution in [0.15, 0.2) is 4.52 Å². The van der Waals surface area contributed by atoms with E-state index in [2.05, 4.69) is 15.5 Å². The van der Waals surface area contributed by atoms with Gasteiger partial charge in [-0.25, -0.2) is 0 Å². The maximum Gasteiger partial charge on any atom is 0.229 e. The second-order valence-electron chi connectivity index (χ2n) is 5.61. The first-order valence-corrected chi connectivity index (χ1v) is 6.44. The molecular formula is C12H17N3O. The summed E-state index contributed by atoms with van der Waals surface area (Å²) in [4.78, 5) is 4.58. The lowest BCUT2D eigenvalue weighted by Crippen LogP contribution is -2.11. The normalized spacial score (nSPS) is 34.5. The number of aromatic nitrogens is 2. The van der Waals surface area contributed by atoms with Crippen LogP contribution in [0.4, 0.5) is 0 Å². The Bertz CT molecular complexity index is 387. The van der Waals surface area contributed by atoms with Gasteiger partial charge in [0.2, 0.25) is 5.89 Å². The largest absolute Gasteiger partial charge is 0.339 e. The summed E-state index contributed by atoms with van der Waals surface area (Å²) in [5, 5.41) is 7.65. The Labute approximate surface area is 94.8 Å². The van der Waals surface area contributed by atoms with E-state index in [1.807, 2.05) is 0 Å². The molecule has 0 amide bonds. The summed E-state index contributed by atoms with van der Waals surface area (Å²) in [6.45, 7) is 2.38. The minimum atomic E-state index is 0.563. The predicted octanol–water partition coefficient (Wildman–Crippen LogP) is 1.66. The molecule has 2 heterocycles. The molecule has 3 aliphatic rings. The maximum atomic E-state index is 5.35. The molecule has 0 aromatic carbocycles. The van der Waals surface area contributed by atoms with Crippen molar-refractivity contribution < 1.29 is 4.52 Å². The lowest BCUT2D eigenvalue weighted by Gasteiger charge is -2.04. The molecule has 0 radical (unpaired) electrons. The molecule has 1 aromatic rings. The Kier molecular flexibility index (Phi) is 1.89. The molecule has 1 aromatic heterocycles. The third-order valence-corrected chi connectivity index (χ3v) is 4.40. The third kappa shape index (κ3) is 1.39. The lowest BCUT2D eigenvalue weighted by atomic mass is 10.0. The smallest absolute Gasteiger partial charge is 0.229 e. The van der Waals surface area contributed by atoms with Crippen molar-refractivity contribution in [1.82, 2.24) is 15.5 Å². The van der Waals surface area contributed by atoms with Crippen LogP contribution in [0.5, 0.6) is 0 Å². The summed E-state index contributed by atoms with van der Waals surface area (Å²) < 4.78 is 5.35. The first-order chi connectivity index (χ1) is 7.90. The molecular weight excluding hydrogens is 202 g/mol. The highest BCUT2D eigenvalue weighted by Gasteiger charge is 2.40. The monoisotopic (exact) mass is 219 g/mol. The second kappa shape index (κ2) is 3.29. The van der Waals surface area contributed by atoms with E-state index in [0.29, 0.717) is 11.8 Å². The molecule has 3 fully saturated rings. The van der Waals surface area contributed by atoms with Crippen molar-refractivity contribution in [1.29, 1.82) is 0 Å². The van der Waals surface area contributed by atoms with Crippen molar-refractivity contribution in [3.05, 3.63) is 11.7 Å². The van der Waals surface area contributed by atoms with Crippen LogP contribution in [0.2, 0.25) is 0 Å². The number of hydrogen-bond acceptors (Lipinski definition) is 4. The standard InChI is InChI=1S/C12H17N3O/c1-2-7(1)12-14-11(15-16-12)8-3-9-5-13-6-10(9)4-8/h7-10,13H,1-6H2/t9-,10-/m0/s1. The fourth-order valence-electron chi connectivity index (χ4n) is 3.29. The minimum absolute atomic E-state index is 0.563. The Morgan fingerprint density at radius 3 is 2.50 bits per heavy atom. The molecule has 0 spiro atoms. The highest BCUT2D eigenvalue weighted by Crippen LogP contribution is 2.44. The highest BCUT2D eigenvalue weighted by molar-refractivity contribution is 5.08. The summed E-state index contributed by atoms with van der Waals surface area (Å²) in [5.41, 5.74) is 0. The molecule has 4 rings (SSSR count). The molecule has 4 heteroatoms. The van der Waals surface area contributed by atoms with Crippen molar-refractivity contribution in [2.24, 2.45) is 11.8 Å². The van der Waals surface area contributed by atoms with E-state index < -0.39 is 0 Å². The first kappa shape index (κ1) is 9.16. The maximum absolute atomic E-state index is 5.35. The van der Waals surface area contributed by atoms with E-state index in [-0.39, 0.29) is 0 Å². The van der Waals surface area contributed by atoms with Gasteiger partial charge in [-0.1, -0.05) is 5.16 Å². The van der Waals surface area contributed by atoms with Crippen LogP contribution >= 0.6 is 0 Å². The molecule has 86 valence electrons. The van der Waals surface area contributed by atoms with E-state index in [1.54, 1.807) is 0 Å². The van der Waals surface area contributed by atoms with Gasteiger partial charge in [0.15, 0.2) is 5.82 Å². The van der Waals surface area contributed by atoms with E-state index in [9.17, 15) is 0 Å². The molecule has 4 nitrogen and oxygen atoms in total. The van der Waals surface area contributed by atoms with Crippen LogP contribution in [0.25, 0.3) is 0 Å². The van der Waals surface area contributed by atoms with Crippen LogP contribution in [0.1, 0.15) is 49.2 Å². The van der Waals surface area contributed by atoms with E-state index >= 15 is 0 Å². The summed E-state index contributed by atoms with van der Waals surface area (Å²) in [6, 6.07) is 0. The van der Waals surface area contributed by atoms with Gasteiger partial charge in [0, 0.05) is 11.8 Å². The molecule has 2 aliphatic carbocycles. The van der Waals surface area contributed by atoms with Gasteiger partial charge < -0.3 is 9.84 Å². The fraction of sp³-hybridized carbons (Fsp3) is 0.833. The summed E-state index contributed by atoms with van der Waals surface area (Å²) >= 11 is 0. The zero-order chi connectivity index (χ0) is 10.5. The van der Waals surface area contributed by atoms with Crippen LogP contribution in [-0.2, 0) is 0 Å².